The van der Waals surface area contributed by atoms with E-state index in [0.717, 1.165) is 0 Å². The summed E-state index contributed by atoms with van der Waals surface area (Å²) in [7, 11) is 3.17. The minimum absolute atomic E-state index is 0.250. The molecular formula is C4H10O4. The highest BCUT2D eigenvalue weighted by molar-refractivity contribution is 5.32. The molecule has 8 heavy (non-hydrogen) atoms. The van der Waals surface area contributed by atoms with E-state index in [1.807, 2.05) is 0 Å². The van der Waals surface area contributed by atoms with Crippen LogP contribution in [0, 0.1) is 0 Å². The molecule has 4 nitrogen and oxygen atoms in total. The Morgan fingerprint density at radius 3 is 1.75 bits per heavy atom. The SMILES string of the molecule is COCOC.O=CO. The lowest BCUT2D eigenvalue weighted by molar-refractivity contribution is -0.122. The molecule has 4 heteroatoms. The van der Waals surface area contributed by atoms with Gasteiger partial charge in [0.05, 0.1) is 0 Å². The third-order valence-electron chi connectivity index (χ3n) is 0.236. The zero-order valence-corrected chi connectivity index (χ0v) is 4.96. The van der Waals surface area contributed by atoms with E-state index < -0.39 is 0 Å². The summed E-state index contributed by atoms with van der Waals surface area (Å²) < 4.78 is 8.94. The van der Waals surface area contributed by atoms with Gasteiger partial charge in [-0.25, -0.2) is 0 Å². The molecule has 0 aromatic rings. The van der Waals surface area contributed by atoms with E-state index in [1.165, 1.54) is 0 Å². The van der Waals surface area contributed by atoms with Crippen LogP contribution in [0.1, 0.15) is 0 Å². The van der Waals surface area contributed by atoms with Gasteiger partial charge < -0.3 is 14.6 Å². The summed E-state index contributed by atoms with van der Waals surface area (Å²) in [5.74, 6) is 0. The van der Waals surface area contributed by atoms with Crippen LogP contribution in [0.3, 0.4) is 0 Å². The maximum atomic E-state index is 8.36. The summed E-state index contributed by atoms with van der Waals surface area (Å²) in [5.41, 5.74) is 0. The number of carbonyl (C=O) groups is 1. The normalized spacial score (nSPS) is 6.75. The average Bonchev–Trinajstić information content (AvgIpc) is 1.71. The first kappa shape index (κ1) is 10.4. The van der Waals surface area contributed by atoms with Crippen molar-refractivity contribution >= 4 is 6.47 Å². The van der Waals surface area contributed by atoms with Gasteiger partial charge in [-0.05, 0) is 0 Å². The summed E-state index contributed by atoms with van der Waals surface area (Å²) in [4.78, 5) is 8.36. The Labute approximate surface area is 48.0 Å². The Kier molecular flexibility index (Phi) is 21.0. The van der Waals surface area contributed by atoms with E-state index in [4.69, 9.17) is 9.90 Å². The fourth-order valence-corrected chi connectivity index (χ4v) is 0.118. The van der Waals surface area contributed by atoms with Crippen molar-refractivity contribution in [2.24, 2.45) is 0 Å². The van der Waals surface area contributed by atoms with Crippen LogP contribution in [0.2, 0.25) is 0 Å². The molecule has 0 saturated carbocycles. The van der Waals surface area contributed by atoms with Crippen molar-refractivity contribution in [3.05, 3.63) is 0 Å². The topological polar surface area (TPSA) is 55.8 Å². The van der Waals surface area contributed by atoms with E-state index in [-0.39, 0.29) is 6.47 Å². The molecule has 0 saturated heterocycles. The van der Waals surface area contributed by atoms with Crippen LogP contribution in [0.4, 0.5) is 0 Å². The molecule has 0 amide bonds. The predicted molar refractivity (Wildman–Crippen MR) is 27.6 cm³/mol. The van der Waals surface area contributed by atoms with Crippen LogP contribution in [0.15, 0.2) is 0 Å². The molecule has 0 atom stereocenters. The highest BCUT2D eigenvalue weighted by atomic mass is 16.6. The van der Waals surface area contributed by atoms with Gasteiger partial charge in [-0.2, -0.15) is 0 Å². The number of methoxy groups -OCH3 is 2. The molecule has 0 rings (SSSR count). The Balaban J connectivity index is 0. The number of ether oxygens (including phenoxy) is 2. The highest BCUT2D eigenvalue weighted by Gasteiger charge is 1.63. The number of carboxylic acid groups (broad SMARTS) is 1. The van der Waals surface area contributed by atoms with Crippen LogP contribution >= 0.6 is 0 Å². The second kappa shape index (κ2) is 16.2. The van der Waals surface area contributed by atoms with Gasteiger partial charge in [-0.1, -0.05) is 0 Å². The molecule has 1 N–H and O–H groups in total. The molecular weight excluding hydrogens is 112 g/mol. The summed E-state index contributed by atoms with van der Waals surface area (Å²) in [6, 6.07) is 0. The van der Waals surface area contributed by atoms with Gasteiger partial charge in [0.15, 0.2) is 0 Å². The third-order valence-corrected chi connectivity index (χ3v) is 0.236. The molecule has 0 bridgehead atoms. The summed E-state index contributed by atoms with van der Waals surface area (Å²) in [5, 5.41) is 6.89. The zero-order valence-electron chi connectivity index (χ0n) is 4.96. The molecule has 0 radical (unpaired) electrons. The van der Waals surface area contributed by atoms with Crippen molar-refractivity contribution in [1.82, 2.24) is 0 Å². The fraction of sp³-hybridized carbons (Fsp3) is 0.750. The van der Waals surface area contributed by atoms with Gasteiger partial charge in [0.2, 0.25) is 0 Å². The number of rotatable bonds is 2. The summed E-state index contributed by atoms with van der Waals surface area (Å²) in [6.45, 7) is 0.139. The van der Waals surface area contributed by atoms with Gasteiger partial charge in [-0.15, -0.1) is 0 Å². The molecule has 0 fully saturated rings. The average molecular weight is 122 g/mol. The Morgan fingerprint density at radius 2 is 1.75 bits per heavy atom. The van der Waals surface area contributed by atoms with Crippen molar-refractivity contribution in [2.45, 2.75) is 0 Å². The minimum atomic E-state index is -0.250. The lowest BCUT2D eigenvalue weighted by Crippen LogP contribution is -1.87. The minimum Gasteiger partial charge on any atom is -0.483 e. The van der Waals surface area contributed by atoms with Gasteiger partial charge in [0.25, 0.3) is 6.47 Å². The van der Waals surface area contributed by atoms with Crippen molar-refractivity contribution < 1.29 is 19.4 Å². The first-order chi connectivity index (χ1) is 3.83. The number of hydrogen-bond donors (Lipinski definition) is 1. The second-order valence-electron chi connectivity index (χ2n) is 0.801. The third kappa shape index (κ3) is 53.8. The largest absolute Gasteiger partial charge is 0.483 e. The molecule has 0 aromatic carbocycles. The van der Waals surface area contributed by atoms with Crippen LogP contribution in [-0.2, 0) is 14.3 Å². The van der Waals surface area contributed by atoms with Crippen LogP contribution in [0.5, 0.6) is 0 Å². The van der Waals surface area contributed by atoms with E-state index in [9.17, 15) is 0 Å². The Bertz CT molecular complexity index is 35.0. The van der Waals surface area contributed by atoms with Gasteiger partial charge >= 0.3 is 0 Å². The van der Waals surface area contributed by atoms with Crippen molar-refractivity contribution in [3.63, 3.8) is 0 Å². The maximum Gasteiger partial charge on any atom is 0.290 e. The van der Waals surface area contributed by atoms with Crippen LogP contribution in [0.25, 0.3) is 0 Å². The van der Waals surface area contributed by atoms with Gasteiger partial charge in [0, 0.05) is 14.2 Å². The molecule has 0 aliphatic rings. The van der Waals surface area contributed by atoms with Crippen molar-refractivity contribution in [2.75, 3.05) is 21.0 Å². The Morgan fingerprint density at radius 1 is 1.50 bits per heavy atom. The lowest BCUT2D eigenvalue weighted by Gasteiger charge is -1.87. The first-order valence-corrected chi connectivity index (χ1v) is 1.89. The predicted octanol–water partition coefficient (Wildman–Crippen LogP) is -0.0625. The highest BCUT2D eigenvalue weighted by Crippen LogP contribution is 1.60. The fourth-order valence-electron chi connectivity index (χ4n) is 0.118. The molecule has 0 unspecified atom stereocenters. The second-order valence-corrected chi connectivity index (χ2v) is 0.801. The molecule has 0 spiro atoms. The number of hydrogen-bond acceptors (Lipinski definition) is 3. The Hall–Kier alpha value is -0.610. The quantitative estimate of drug-likeness (QED) is 0.411. The molecule has 0 heterocycles. The first-order valence-electron chi connectivity index (χ1n) is 1.89. The maximum absolute atomic E-state index is 8.36. The molecule has 0 aliphatic heterocycles. The molecule has 50 valence electrons. The van der Waals surface area contributed by atoms with E-state index in [0.29, 0.717) is 6.79 Å². The summed E-state index contributed by atoms with van der Waals surface area (Å²) >= 11 is 0. The molecule has 0 aromatic heterocycles. The van der Waals surface area contributed by atoms with Gasteiger partial charge in [0.1, 0.15) is 6.79 Å². The van der Waals surface area contributed by atoms with Gasteiger partial charge in [-0.3, -0.25) is 4.79 Å². The van der Waals surface area contributed by atoms with Crippen LogP contribution in [-0.4, -0.2) is 32.6 Å². The van der Waals surface area contributed by atoms with E-state index in [2.05, 4.69) is 9.47 Å². The standard InChI is InChI=1S/C3H8O2.CH2O2/c1-4-3-5-2;2-1-3/h3H2,1-2H3;1H,(H,2,3). The van der Waals surface area contributed by atoms with E-state index >= 15 is 0 Å². The monoisotopic (exact) mass is 122 g/mol. The van der Waals surface area contributed by atoms with Crippen molar-refractivity contribution in [1.29, 1.82) is 0 Å². The molecule has 0 aliphatic carbocycles. The van der Waals surface area contributed by atoms with Crippen molar-refractivity contribution in [3.8, 4) is 0 Å². The van der Waals surface area contributed by atoms with Crippen LogP contribution < -0.4 is 0 Å². The van der Waals surface area contributed by atoms with E-state index in [1.54, 1.807) is 14.2 Å². The smallest absolute Gasteiger partial charge is 0.290 e. The lowest BCUT2D eigenvalue weighted by atomic mass is 11.4. The zero-order chi connectivity index (χ0) is 6.83. The summed E-state index contributed by atoms with van der Waals surface area (Å²) in [6.07, 6.45) is 0.